The molecular formula is C11H9ClN2S2. The summed E-state index contributed by atoms with van der Waals surface area (Å²) >= 11 is 12.3. The Labute approximate surface area is 108 Å². The lowest BCUT2D eigenvalue weighted by Crippen LogP contribution is -2.09. The van der Waals surface area contributed by atoms with Gasteiger partial charge in [-0.25, -0.2) is 4.98 Å². The van der Waals surface area contributed by atoms with Gasteiger partial charge in [0.1, 0.15) is 10.7 Å². The predicted octanol–water partition coefficient (Wildman–Crippen LogP) is 3.02. The van der Waals surface area contributed by atoms with Gasteiger partial charge in [-0.3, -0.25) is 0 Å². The summed E-state index contributed by atoms with van der Waals surface area (Å²) in [7, 11) is 0. The summed E-state index contributed by atoms with van der Waals surface area (Å²) < 4.78 is 0. The van der Waals surface area contributed by atoms with Crippen LogP contribution in [0, 0.1) is 0 Å². The van der Waals surface area contributed by atoms with Gasteiger partial charge >= 0.3 is 0 Å². The lowest BCUT2D eigenvalue weighted by Gasteiger charge is -1.98. The Bertz CT molecular complexity index is 522. The van der Waals surface area contributed by atoms with Crippen molar-refractivity contribution in [2.45, 2.75) is 6.42 Å². The highest BCUT2D eigenvalue weighted by molar-refractivity contribution is 7.80. The quantitative estimate of drug-likeness (QED) is 0.870. The van der Waals surface area contributed by atoms with Crippen molar-refractivity contribution in [3.63, 3.8) is 0 Å². The van der Waals surface area contributed by atoms with Crippen LogP contribution < -0.4 is 5.73 Å². The number of thiocarbonyl (C=S) groups is 1. The molecule has 1 aromatic carbocycles. The maximum absolute atomic E-state index is 5.91. The van der Waals surface area contributed by atoms with E-state index >= 15 is 0 Å². The predicted molar refractivity (Wildman–Crippen MR) is 72.3 cm³/mol. The van der Waals surface area contributed by atoms with Crippen LogP contribution in [-0.4, -0.2) is 9.97 Å². The van der Waals surface area contributed by atoms with Crippen molar-refractivity contribution in [3.05, 3.63) is 50.9 Å². The lowest BCUT2D eigenvalue weighted by molar-refractivity contribution is 1.13. The van der Waals surface area contributed by atoms with E-state index in [-0.39, 0.29) is 0 Å². The molecule has 1 heterocycles. The Hall–Kier alpha value is -0.970. The van der Waals surface area contributed by atoms with Gasteiger partial charge in [-0.15, -0.1) is 11.3 Å². The molecule has 0 atom stereocenters. The SMILES string of the molecule is NC(=S)c1csc(Cc2cccc(Cl)c2)n1. The maximum Gasteiger partial charge on any atom is 0.123 e. The normalized spacial score (nSPS) is 10.3. The first-order chi connectivity index (χ1) is 7.65. The molecule has 1 aromatic heterocycles. The van der Waals surface area contributed by atoms with E-state index < -0.39 is 0 Å². The Morgan fingerprint density at radius 3 is 2.94 bits per heavy atom. The summed E-state index contributed by atoms with van der Waals surface area (Å²) in [5.41, 5.74) is 7.33. The van der Waals surface area contributed by atoms with E-state index in [1.165, 1.54) is 0 Å². The zero-order valence-corrected chi connectivity index (χ0v) is 10.7. The van der Waals surface area contributed by atoms with Crippen molar-refractivity contribution in [2.75, 3.05) is 0 Å². The molecule has 2 aromatic rings. The molecule has 0 fully saturated rings. The maximum atomic E-state index is 5.91. The van der Waals surface area contributed by atoms with Gasteiger partial charge < -0.3 is 5.73 Å². The number of aromatic nitrogens is 1. The number of halogens is 1. The molecule has 16 heavy (non-hydrogen) atoms. The zero-order valence-electron chi connectivity index (χ0n) is 8.31. The van der Waals surface area contributed by atoms with Gasteiger partial charge in [0.05, 0.1) is 5.01 Å². The second-order valence-electron chi connectivity index (χ2n) is 3.30. The first-order valence-electron chi connectivity index (χ1n) is 4.64. The van der Waals surface area contributed by atoms with Crippen LogP contribution in [0.4, 0.5) is 0 Å². The molecule has 0 aliphatic carbocycles. The molecule has 0 amide bonds. The number of hydrogen-bond donors (Lipinski definition) is 1. The number of benzene rings is 1. The Balaban J connectivity index is 2.17. The van der Waals surface area contributed by atoms with Crippen LogP contribution in [0.3, 0.4) is 0 Å². The third-order valence-corrected chi connectivity index (χ3v) is 3.34. The fourth-order valence-corrected chi connectivity index (χ4v) is 2.55. The van der Waals surface area contributed by atoms with Crippen molar-refractivity contribution >= 4 is 40.1 Å². The van der Waals surface area contributed by atoms with Crippen molar-refractivity contribution < 1.29 is 0 Å². The second kappa shape index (κ2) is 4.91. The summed E-state index contributed by atoms with van der Waals surface area (Å²) in [4.78, 5) is 4.69. The van der Waals surface area contributed by atoms with Crippen LogP contribution in [0.25, 0.3) is 0 Å². The average Bonchev–Trinajstić information content (AvgIpc) is 2.66. The van der Waals surface area contributed by atoms with Gasteiger partial charge in [0.25, 0.3) is 0 Å². The molecule has 0 bridgehead atoms. The van der Waals surface area contributed by atoms with Gasteiger partial charge in [0, 0.05) is 16.8 Å². The van der Waals surface area contributed by atoms with E-state index in [9.17, 15) is 0 Å². The van der Waals surface area contributed by atoms with E-state index in [4.69, 9.17) is 29.6 Å². The minimum atomic E-state index is 0.341. The lowest BCUT2D eigenvalue weighted by atomic mass is 10.2. The van der Waals surface area contributed by atoms with Crippen LogP contribution in [0.5, 0.6) is 0 Å². The summed E-state index contributed by atoms with van der Waals surface area (Å²) in [6, 6.07) is 7.74. The van der Waals surface area contributed by atoms with Crippen molar-refractivity contribution in [3.8, 4) is 0 Å². The molecular weight excluding hydrogens is 260 g/mol. The molecule has 0 saturated carbocycles. The molecule has 0 radical (unpaired) electrons. The standard InChI is InChI=1S/C11H9ClN2S2/c12-8-3-1-2-7(4-8)5-10-14-9(6-16-10)11(13)15/h1-4,6H,5H2,(H2,13,15). The summed E-state index contributed by atoms with van der Waals surface area (Å²) in [5, 5.41) is 3.61. The molecule has 2 nitrogen and oxygen atoms in total. The third-order valence-electron chi connectivity index (χ3n) is 2.05. The summed E-state index contributed by atoms with van der Waals surface area (Å²) in [6.07, 6.45) is 0.758. The van der Waals surface area contributed by atoms with Crippen LogP contribution in [0.1, 0.15) is 16.3 Å². The van der Waals surface area contributed by atoms with Crippen LogP contribution in [0.2, 0.25) is 5.02 Å². The molecule has 0 unspecified atom stereocenters. The summed E-state index contributed by atoms with van der Waals surface area (Å²) in [6.45, 7) is 0. The second-order valence-corrected chi connectivity index (χ2v) is 5.12. The van der Waals surface area contributed by atoms with E-state index in [2.05, 4.69) is 4.98 Å². The van der Waals surface area contributed by atoms with E-state index in [1.54, 1.807) is 11.3 Å². The van der Waals surface area contributed by atoms with Gasteiger partial charge in [0.2, 0.25) is 0 Å². The molecule has 2 rings (SSSR count). The Kier molecular flexibility index (Phi) is 3.53. The van der Waals surface area contributed by atoms with E-state index in [0.29, 0.717) is 10.7 Å². The monoisotopic (exact) mass is 268 g/mol. The van der Waals surface area contributed by atoms with Crippen LogP contribution in [-0.2, 0) is 6.42 Å². The molecule has 5 heteroatoms. The van der Waals surface area contributed by atoms with E-state index in [1.807, 2.05) is 29.6 Å². The highest BCUT2D eigenvalue weighted by Gasteiger charge is 2.05. The van der Waals surface area contributed by atoms with Crippen molar-refractivity contribution in [2.24, 2.45) is 5.73 Å². The van der Waals surface area contributed by atoms with Gasteiger partial charge in [0.15, 0.2) is 0 Å². The summed E-state index contributed by atoms with van der Waals surface area (Å²) in [5.74, 6) is 0. The number of rotatable bonds is 3. The fraction of sp³-hybridized carbons (Fsp3) is 0.0909. The van der Waals surface area contributed by atoms with Gasteiger partial charge in [-0.1, -0.05) is 36.0 Å². The van der Waals surface area contributed by atoms with E-state index in [0.717, 1.165) is 22.0 Å². The Morgan fingerprint density at radius 1 is 1.50 bits per heavy atom. The van der Waals surface area contributed by atoms with Crippen molar-refractivity contribution in [1.29, 1.82) is 0 Å². The topological polar surface area (TPSA) is 38.9 Å². The first-order valence-corrected chi connectivity index (χ1v) is 6.30. The fourth-order valence-electron chi connectivity index (χ4n) is 1.33. The number of thiazole rings is 1. The number of hydrogen-bond acceptors (Lipinski definition) is 3. The molecule has 0 saturated heterocycles. The largest absolute Gasteiger partial charge is 0.388 e. The smallest absolute Gasteiger partial charge is 0.123 e. The van der Waals surface area contributed by atoms with Crippen molar-refractivity contribution in [1.82, 2.24) is 4.98 Å². The molecule has 0 spiro atoms. The molecule has 0 aliphatic heterocycles. The highest BCUT2D eigenvalue weighted by Crippen LogP contribution is 2.17. The van der Waals surface area contributed by atoms with Gasteiger partial charge in [-0.2, -0.15) is 0 Å². The average molecular weight is 269 g/mol. The first kappa shape index (κ1) is 11.5. The van der Waals surface area contributed by atoms with Gasteiger partial charge in [-0.05, 0) is 17.7 Å². The minimum absolute atomic E-state index is 0.341. The number of nitrogens with zero attached hydrogens (tertiary/aromatic N) is 1. The zero-order chi connectivity index (χ0) is 11.5. The third kappa shape index (κ3) is 2.78. The van der Waals surface area contributed by atoms with Crippen LogP contribution in [0.15, 0.2) is 29.6 Å². The number of nitrogens with two attached hydrogens (primary N) is 1. The van der Waals surface area contributed by atoms with Crippen LogP contribution >= 0.6 is 35.2 Å². The molecule has 2 N–H and O–H groups in total. The highest BCUT2D eigenvalue weighted by atomic mass is 35.5. The Morgan fingerprint density at radius 2 is 2.31 bits per heavy atom. The molecule has 0 aliphatic rings. The molecule has 82 valence electrons. The minimum Gasteiger partial charge on any atom is -0.388 e.